The maximum absolute atomic E-state index is 4.62. The average molecular weight is 288 g/mol. The van der Waals surface area contributed by atoms with Crippen LogP contribution in [0.25, 0.3) is 0 Å². The summed E-state index contributed by atoms with van der Waals surface area (Å²) in [6.45, 7) is 11.3. The van der Waals surface area contributed by atoms with Gasteiger partial charge in [0.05, 0.1) is 6.54 Å². The Morgan fingerprint density at radius 2 is 2.05 bits per heavy atom. The van der Waals surface area contributed by atoms with Gasteiger partial charge in [0, 0.05) is 25.7 Å². The summed E-state index contributed by atoms with van der Waals surface area (Å²) < 4.78 is 0. The van der Waals surface area contributed by atoms with E-state index in [-0.39, 0.29) is 0 Å². The van der Waals surface area contributed by atoms with Crippen LogP contribution in [0.1, 0.15) is 19.4 Å². The lowest BCUT2D eigenvalue weighted by Gasteiger charge is -2.23. The smallest absolute Gasteiger partial charge is 0.191 e. The molecule has 0 radical (unpaired) electrons. The largest absolute Gasteiger partial charge is 0.357 e. The second kappa shape index (κ2) is 10.00. The minimum Gasteiger partial charge on any atom is -0.357 e. The molecule has 1 aromatic carbocycles. The highest BCUT2D eigenvalue weighted by atomic mass is 15.2. The van der Waals surface area contributed by atoms with Gasteiger partial charge in [-0.1, -0.05) is 36.4 Å². The summed E-state index contributed by atoms with van der Waals surface area (Å²) in [5.74, 6) is 0.845. The number of benzene rings is 1. The number of hydrogen-bond acceptors (Lipinski definition) is 2. The quantitative estimate of drug-likeness (QED) is 0.438. The first-order chi connectivity index (χ1) is 10.2. The zero-order valence-electron chi connectivity index (χ0n) is 13.5. The zero-order chi connectivity index (χ0) is 15.5. The third kappa shape index (κ3) is 6.95. The highest BCUT2D eigenvalue weighted by Crippen LogP contribution is 2.06. The number of rotatable bonds is 8. The third-order valence-electron chi connectivity index (χ3n) is 3.30. The van der Waals surface area contributed by atoms with E-state index in [0.717, 1.165) is 32.1 Å². The van der Waals surface area contributed by atoms with E-state index in [4.69, 9.17) is 0 Å². The van der Waals surface area contributed by atoms with Crippen molar-refractivity contribution >= 4 is 5.96 Å². The zero-order valence-corrected chi connectivity index (χ0v) is 13.5. The third-order valence-corrected chi connectivity index (χ3v) is 3.30. The van der Waals surface area contributed by atoms with Crippen molar-refractivity contribution in [2.24, 2.45) is 4.99 Å². The van der Waals surface area contributed by atoms with E-state index in [9.17, 15) is 0 Å². The van der Waals surface area contributed by atoms with Crippen molar-refractivity contribution in [2.75, 3.05) is 26.7 Å². The first kappa shape index (κ1) is 17.2. The van der Waals surface area contributed by atoms with Crippen LogP contribution in [-0.2, 0) is 6.54 Å². The predicted molar refractivity (Wildman–Crippen MR) is 91.5 cm³/mol. The second-order valence-electron chi connectivity index (χ2n) is 5.14. The SMILES string of the molecule is C=CCNC(=NCC(C)N(C)Cc1ccccc1)NCC. The van der Waals surface area contributed by atoms with Gasteiger partial charge in [0.1, 0.15) is 0 Å². The Morgan fingerprint density at radius 3 is 2.67 bits per heavy atom. The lowest BCUT2D eigenvalue weighted by atomic mass is 10.2. The van der Waals surface area contributed by atoms with Gasteiger partial charge in [0.15, 0.2) is 5.96 Å². The molecule has 0 spiro atoms. The fourth-order valence-electron chi connectivity index (χ4n) is 1.90. The van der Waals surface area contributed by atoms with Crippen LogP contribution < -0.4 is 10.6 Å². The van der Waals surface area contributed by atoms with Gasteiger partial charge in [-0.25, -0.2) is 0 Å². The van der Waals surface area contributed by atoms with E-state index >= 15 is 0 Å². The maximum Gasteiger partial charge on any atom is 0.191 e. The van der Waals surface area contributed by atoms with Crippen molar-refractivity contribution in [3.8, 4) is 0 Å². The van der Waals surface area contributed by atoms with Crippen molar-refractivity contribution in [1.29, 1.82) is 0 Å². The molecule has 21 heavy (non-hydrogen) atoms. The molecule has 0 aliphatic carbocycles. The molecule has 4 heteroatoms. The molecule has 1 rings (SSSR count). The summed E-state index contributed by atoms with van der Waals surface area (Å²) in [6.07, 6.45) is 1.83. The lowest BCUT2D eigenvalue weighted by Crippen LogP contribution is -2.39. The highest BCUT2D eigenvalue weighted by Gasteiger charge is 2.09. The Balaban J connectivity index is 2.49. The summed E-state index contributed by atoms with van der Waals surface area (Å²) in [5, 5.41) is 6.45. The number of nitrogens with one attached hydrogen (secondary N) is 2. The molecule has 1 aromatic rings. The van der Waals surface area contributed by atoms with Gasteiger partial charge in [-0.05, 0) is 26.5 Å². The topological polar surface area (TPSA) is 39.7 Å². The monoisotopic (exact) mass is 288 g/mol. The van der Waals surface area contributed by atoms with Crippen molar-refractivity contribution in [3.05, 3.63) is 48.6 Å². The van der Waals surface area contributed by atoms with Crippen LogP contribution in [0.4, 0.5) is 0 Å². The Labute approximate surface area is 129 Å². The molecule has 0 saturated carbocycles. The summed E-state index contributed by atoms with van der Waals surface area (Å²) in [4.78, 5) is 6.93. The number of guanidine groups is 1. The average Bonchev–Trinajstić information content (AvgIpc) is 2.50. The standard InChI is InChI=1S/C17H28N4/c1-5-12-19-17(18-6-2)20-13-15(3)21(4)14-16-10-8-7-9-11-16/h5,7-11,15H,1,6,12-14H2,2-4H3,(H2,18,19,20). The lowest BCUT2D eigenvalue weighted by molar-refractivity contribution is 0.255. The van der Waals surface area contributed by atoms with Crippen LogP contribution in [0.5, 0.6) is 0 Å². The van der Waals surface area contributed by atoms with E-state index in [1.54, 1.807) is 0 Å². The Kier molecular flexibility index (Phi) is 8.21. The molecule has 2 N–H and O–H groups in total. The molecule has 0 heterocycles. The summed E-state index contributed by atoms with van der Waals surface area (Å²) in [5.41, 5.74) is 1.33. The predicted octanol–water partition coefficient (Wildman–Crippen LogP) is 2.25. The highest BCUT2D eigenvalue weighted by molar-refractivity contribution is 5.79. The molecule has 0 fully saturated rings. The van der Waals surface area contributed by atoms with Gasteiger partial charge in [-0.15, -0.1) is 6.58 Å². The van der Waals surface area contributed by atoms with Crippen LogP contribution in [-0.4, -0.2) is 43.6 Å². The van der Waals surface area contributed by atoms with E-state index in [2.05, 4.69) is 72.3 Å². The van der Waals surface area contributed by atoms with Crippen LogP contribution in [0.15, 0.2) is 48.0 Å². The maximum atomic E-state index is 4.62. The van der Waals surface area contributed by atoms with Gasteiger partial charge in [0.25, 0.3) is 0 Å². The summed E-state index contributed by atoms with van der Waals surface area (Å²) in [6, 6.07) is 10.9. The van der Waals surface area contributed by atoms with E-state index in [1.807, 2.05) is 12.1 Å². The van der Waals surface area contributed by atoms with Gasteiger partial charge in [-0.2, -0.15) is 0 Å². The van der Waals surface area contributed by atoms with Gasteiger partial charge >= 0.3 is 0 Å². The minimum absolute atomic E-state index is 0.379. The first-order valence-corrected chi connectivity index (χ1v) is 7.54. The minimum atomic E-state index is 0.379. The van der Waals surface area contributed by atoms with Crippen molar-refractivity contribution in [1.82, 2.24) is 15.5 Å². The molecular formula is C17H28N4. The number of nitrogens with zero attached hydrogens (tertiary/aromatic N) is 2. The van der Waals surface area contributed by atoms with Crippen molar-refractivity contribution in [2.45, 2.75) is 26.4 Å². The number of likely N-dealkylation sites (N-methyl/N-ethyl adjacent to an activating group) is 1. The Morgan fingerprint density at radius 1 is 1.33 bits per heavy atom. The van der Waals surface area contributed by atoms with Crippen LogP contribution in [0.2, 0.25) is 0 Å². The molecule has 1 atom stereocenters. The van der Waals surface area contributed by atoms with E-state index in [0.29, 0.717) is 6.04 Å². The second-order valence-corrected chi connectivity index (χ2v) is 5.14. The molecule has 0 amide bonds. The molecule has 1 unspecified atom stereocenters. The molecule has 0 aliphatic rings. The van der Waals surface area contributed by atoms with E-state index < -0.39 is 0 Å². The van der Waals surface area contributed by atoms with Crippen molar-refractivity contribution in [3.63, 3.8) is 0 Å². The van der Waals surface area contributed by atoms with E-state index in [1.165, 1.54) is 5.56 Å². The number of aliphatic imine (C=N–C) groups is 1. The molecular weight excluding hydrogens is 260 g/mol. The molecule has 0 bridgehead atoms. The molecule has 0 saturated heterocycles. The fraction of sp³-hybridized carbons (Fsp3) is 0.471. The summed E-state index contributed by atoms with van der Waals surface area (Å²) in [7, 11) is 2.14. The molecule has 0 aliphatic heterocycles. The fourth-order valence-corrected chi connectivity index (χ4v) is 1.90. The van der Waals surface area contributed by atoms with Crippen LogP contribution in [0, 0.1) is 0 Å². The Hall–Kier alpha value is -1.81. The molecule has 0 aromatic heterocycles. The molecule has 116 valence electrons. The normalized spacial score (nSPS) is 13.0. The van der Waals surface area contributed by atoms with Crippen LogP contribution in [0.3, 0.4) is 0 Å². The van der Waals surface area contributed by atoms with Gasteiger partial charge in [-0.3, -0.25) is 9.89 Å². The Bertz CT molecular complexity index is 428. The first-order valence-electron chi connectivity index (χ1n) is 7.54. The van der Waals surface area contributed by atoms with Crippen molar-refractivity contribution < 1.29 is 0 Å². The van der Waals surface area contributed by atoms with Crippen LogP contribution >= 0.6 is 0 Å². The molecule has 4 nitrogen and oxygen atoms in total. The number of hydrogen-bond donors (Lipinski definition) is 2. The summed E-state index contributed by atoms with van der Waals surface area (Å²) >= 11 is 0. The van der Waals surface area contributed by atoms with Gasteiger partial charge in [0.2, 0.25) is 0 Å². The van der Waals surface area contributed by atoms with Gasteiger partial charge < -0.3 is 10.6 Å².